The van der Waals surface area contributed by atoms with E-state index in [9.17, 15) is 5.11 Å². The Hall–Kier alpha value is -1.31. The van der Waals surface area contributed by atoms with E-state index in [1.165, 1.54) is 0 Å². The Morgan fingerprint density at radius 1 is 1.40 bits per heavy atom. The number of halogens is 1. The summed E-state index contributed by atoms with van der Waals surface area (Å²) < 4.78 is 0. The van der Waals surface area contributed by atoms with E-state index in [1.807, 2.05) is 6.07 Å². The largest absolute Gasteiger partial charge is 0.388 e. The molecular formula is C15H20ClN3O. The van der Waals surface area contributed by atoms with Crippen LogP contribution in [0.4, 0.5) is 5.82 Å². The number of hydrogen-bond donors (Lipinski definition) is 2. The van der Waals surface area contributed by atoms with Crippen molar-refractivity contribution in [3.05, 3.63) is 22.8 Å². The molecule has 0 unspecified atom stereocenters. The molecule has 0 amide bonds. The third-order valence-electron chi connectivity index (χ3n) is 4.13. The van der Waals surface area contributed by atoms with Crippen molar-refractivity contribution >= 4 is 17.4 Å². The molecule has 0 aromatic carbocycles. The van der Waals surface area contributed by atoms with Gasteiger partial charge in [-0.05, 0) is 37.2 Å². The predicted octanol–water partition coefficient (Wildman–Crippen LogP) is 3.35. The third kappa shape index (κ3) is 3.41. The average Bonchev–Trinajstić information content (AvgIpc) is 2.42. The molecule has 0 atom stereocenters. The lowest BCUT2D eigenvalue weighted by atomic mass is 9.71. The Morgan fingerprint density at radius 3 is 2.65 bits per heavy atom. The molecule has 1 heterocycles. The molecule has 0 saturated heterocycles. The Kier molecular flexibility index (Phi) is 4.22. The SMILES string of the molecule is CC1(C)CCC(O)(CNc2nccc(C#N)c2Cl)CC1. The first-order valence-electron chi connectivity index (χ1n) is 6.86. The number of nitrogens with zero attached hydrogens (tertiary/aromatic N) is 2. The zero-order valence-corrected chi connectivity index (χ0v) is 12.7. The number of aromatic nitrogens is 1. The Bertz CT molecular complexity index is 526. The first kappa shape index (κ1) is 15.1. The van der Waals surface area contributed by atoms with Gasteiger partial charge in [0.15, 0.2) is 0 Å². The Balaban J connectivity index is 2.01. The second kappa shape index (κ2) is 5.59. The van der Waals surface area contributed by atoms with Crippen molar-refractivity contribution in [2.75, 3.05) is 11.9 Å². The van der Waals surface area contributed by atoms with Crippen LogP contribution in [-0.2, 0) is 0 Å². The van der Waals surface area contributed by atoms with E-state index in [2.05, 4.69) is 24.1 Å². The number of aliphatic hydroxyl groups is 1. The fourth-order valence-electron chi connectivity index (χ4n) is 2.47. The molecule has 1 aliphatic rings. The van der Waals surface area contributed by atoms with Crippen LogP contribution in [0.2, 0.25) is 5.02 Å². The van der Waals surface area contributed by atoms with E-state index >= 15 is 0 Å². The van der Waals surface area contributed by atoms with Gasteiger partial charge in [-0.1, -0.05) is 25.4 Å². The van der Waals surface area contributed by atoms with E-state index in [0.29, 0.717) is 28.4 Å². The normalized spacial score (nSPS) is 20.1. The summed E-state index contributed by atoms with van der Waals surface area (Å²) in [6.45, 7) is 4.87. The molecule has 0 bridgehead atoms. The molecule has 1 saturated carbocycles. The van der Waals surface area contributed by atoms with Gasteiger partial charge in [-0.25, -0.2) is 4.98 Å². The average molecular weight is 294 g/mol. The summed E-state index contributed by atoms with van der Waals surface area (Å²) >= 11 is 6.09. The van der Waals surface area contributed by atoms with Crippen molar-refractivity contribution in [3.63, 3.8) is 0 Å². The summed E-state index contributed by atoms with van der Waals surface area (Å²) in [5.74, 6) is 0.462. The molecule has 1 aromatic heterocycles. The van der Waals surface area contributed by atoms with Gasteiger partial charge in [0.1, 0.15) is 16.9 Å². The van der Waals surface area contributed by atoms with Crippen molar-refractivity contribution < 1.29 is 5.11 Å². The predicted molar refractivity (Wildman–Crippen MR) is 79.7 cm³/mol. The third-order valence-corrected chi connectivity index (χ3v) is 4.51. The maximum Gasteiger partial charge on any atom is 0.146 e. The van der Waals surface area contributed by atoms with Crippen LogP contribution in [0.1, 0.15) is 45.1 Å². The van der Waals surface area contributed by atoms with Crippen LogP contribution in [0, 0.1) is 16.7 Å². The van der Waals surface area contributed by atoms with Gasteiger partial charge in [0, 0.05) is 12.7 Å². The molecule has 1 aliphatic carbocycles. The maximum atomic E-state index is 10.6. The Morgan fingerprint density at radius 2 is 2.05 bits per heavy atom. The molecule has 0 radical (unpaired) electrons. The van der Waals surface area contributed by atoms with E-state index in [-0.39, 0.29) is 0 Å². The van der Waals surface area contributed by atoms with Crippen molar-refractivity contribution in [2.45, 2.75) is 45.1 Å². The smallest absolute Gasteiger partial charge is 0.146 e. The minimum Gasteiger partial charge on any atom is -0.388 e. The highest BCUT2D eigenvalue weighted by molar-refractivity contribution is 6.34. The molecule has 20 heavy (non-hydrogen) atoms. The van der Waals surface area contributed by atoms with Crippen LogP contribution in [0.25, 0.3) is 0 Å². The van der Waals surface area contributed by atoms with E-state index < -0.39 is 5.60 Å². The van der Waals surface area contributed by atoms with E-state index in [0.717, 1.165) is 25.7 Å². The van der Waals surface area contributed by atoms with Gasteiger partial charge in [-0.15, -0.1) is 0 Å². The van der Waals surface area contributed by atoms with Crippen LogP contribution in [0.5, 0.6) is 0 Å². The molecular weight excluding hydrogens is 274 g/mol. The van der Waals surface area contributed by atoms with Gasteiger partial charge in [0.05, 0.1) is 11.2 Å². The molecule has 2 rings (SSSR count). The fraction of sp³-hybridized carbons (Fsp3) is 0.600. The summed E-state index contributed by atoms with van der Waals surface area (Å²) in [5.41, 5.74) is -0.0209. The molecule has 5 heteroatoms. The zero-order valence-electron chi connectivity index (χ0n) is 11.9. The van der Waals surface area contributed by atoms with Gasteiger partial charge in [-0.2, -0.15) is 5.26 Å². The highest BCUT2D eigenvalue weighted by Crippen LogP contribution is 2.40. The van der Waals surface area contributed by atoms with Crippen LogP contribution in [0.15, 0.2) is 12.3 Å². The first-order chi connectivity index (χ1) is 9.35. The van der Waals surface area contributed by atoms with Crippen LogP contribution in [0.3, 0.4) is 0 Å². The molecule has 0 spiro atoms. The molecule has 1 aromatic rings. The number of hydrogen-bond acceptors (Lipinski definition) is 4. The van der Waals surface area contributed by atoms with Crippen molar-refractivity contribution in [1.82, 2.24) is 4.98 Å². The van der Waals surface area contributed by atoms with E-state index in [4.69, 9.17) is 16.9 Å². The number of nitrogens with one attached hydrogen (secondary N) is 1. The second-order valence-electron chi connectivity index (χ2n) is 6.38. The maximum absolute atomic E-state index is 10.6. The molecule has 0 aliphatic heterocycles. The van der Waals surface area contributed by atoms with Gasteiger partial charge >= 0.3 is 0 Å². The van der Waals surface area contributed by atoms with Crippen LogP contribution < -0.4 is 5.32 Å². The first-order valence-corrected chi connectivity index (χ1v) is 7.24. The van der Waals surface area contributed by atoms with E-state index in [1.54, 1.807) is 12.3 Å². The second-order valence-corrected chi connectivity index (χ2v) is 6.75. The Labute approximate surface area is 124 Å². The van der Waals surface area contributed by atoms with Crippen molar-refractivity contribution in [1.29, 1.82) is 5.26 Å². The topological polar surface area (TPSA) is 68.9 Å². The molecule has 1 fully saturated rings. The van der Waals surface area contributed by atoms with Gasteiger partial charge < -0.3 is 10.4 Å². The van der Waals surface area contributed by atoms with Crippen LogP contribution >= 0.6 is 11.6 Å². The number of anilines is 1. The highest BCUT2D eigenvalue weighted by atomic mass is 35.5. The lowest BCUT2D eigenvalue weighted by Crippen LogP contribution is -2.42. The van der Waals surface area contributed by atoms with Gasteiger partial charge in [0.25, 0.3) is 0 Å². The number of rotatable bonds is 3. The highest BCUT2D eigenvalue weighted by Gasteiger charge is 2.36. The lowest BCUT2D eigenvalue weighted by molar-refractivity contribution is -0.0145. The van der Waals surface area contributed by atoms with Gasteiger partial charge in [-0.3, -0.25) is 0 Å². The summed E-state index contributed by atoms with van der Waals surface area (Å²) in [6, 6.07) is 3.59. The van der Waals surface area contributed by atoms with Crippen molar-refractivity contribution in [2.24, 2.45) is 5.41 Å². The van der Waals surface area contributed by atoms with Crippen molar-refractivity contribution in [3.8, 4) is 6.07 Å². The molecule has 108 valence electrons. The zero-order chi connectivity index (χ0) is 14.8. The minimum atomic E-state index is -0.719. The standard InChI is InChI=1S/C15H20ClN3O/c1-14(2)4-6-15(20,7-5-14)10-19-13-12(16)11(9-17)3-8-18-13/h3,8,20H,4-7,10H2,1-2H3,(H,18,19). The lowest BCUT2D eigenvalue weighted by Gasteiger charge is -2.40. The number of nitriles is 1. The fourth-order valence-corrected chi connectivity index (χ4v) is 2.69. The quantitative estimate of drug-likeness (QED) is 0.897. The van der Waals surface area contributed by atoms with Gasteiger partial charge in [0.2, 0.25) is 0 Å². The molecule has 2 N–H and O–H groups in total. The van der Waals surface area contributed by atoms with Crippen LogP contribution in [-0.4, -0.2) is 22.2 Å². The summed E-state index contributed by atoms with van der Waals surface area (Å²) in [4.78, 5) is 4.13. The minimum absolute atomic E-state index is 0.308. The summed E-state index contributed by atoms with van der Waals surface area (Å²) in [6.07, 6.45) is 5.08. The molecule has 4 nitrogen and oxygen atoms in total. The number of pyridine rings is 1. The summed E-state index contributed by atoms with van der Waals surface area (Å²) in [7, 11) is 0. The monoisotopic (exact) mass is 293 g/mol. The summed E-state index contributed by atoms with van der Waals surface area (Å²) in [5, 5.41) is 22.9.